The average Bonchev–Trinajstić information content (AvgIpc) is 3.02. The number of fused-ring (bicyclic) bond motifs is 1. The molecular formula is C15H17N5O3. The van der Waals surface area contributed by atoms with Crippen LogP contribution in [-0.4, -0.2) is 47.2 Å². The van der Waals surface area contributed by atoms with Crippen LogP contribution in [0.2, 0.25) is 0 Å². The van der Waals surface area contributed by atoms with Gasteiger partial charge in [-0.1, -0.05) is 0 Å². The Balaban J connectivity index is 2.08. The van der Waals surface area contributed by atoms with Crippen molar-refractivity contribution in [2.24, 2.45) is 5.73 Å². The van der Waals surface area contributed by atoms with Crippen LogP contribution < -0.4 is 19.9 Å². The Kier molecular flexibility index (Phi) is 4.24. The molecule has 8 nitrogen and oxygen atoms in total. The highest BCUT2D eigenvalue weighted by Crippen LogP contribution is 2.32. The van der Waals surface area contributed by atoms with Crippen molar-refractivity contribution in [1.82, 2.24) is 19.8 Å². The second-order valence-corrected chi connectivity index (χ2v) is 4.67. The standard InChI is InChI=1S/C15H17N5O3/c1-21-10-3-4-11(12(9-10)22-2)15-18-17-13-5-6-14(19-20(13)15)23-8-7-16/h3-6,9H,7-8,16H2,1-2H3. The molecule has 3 rings (SSSR count). The first-order valence-electron chi connectivity index (χ1n) is 7.04. The van der Waals surface area contributed by atoms with Gasteiger partial charge >= 0.3 is 0 Å². The smallest absolute Gasteiger partial charge is 0.231 e. The summed E-state index contributed by atoms with van der Waals surface area (Å²) in [6, 6.07) is 8.97. The first-order chi connectivity index (χ1) is 11.3. The van der Waals surface area contributed by atoms with Gasteiger partial charge in [0.05, 0.1) is 19.8 Å². The quantitative estimate of drug-likeness (QED) is 0.728. The molecule has 0 radical (unpaired) electrons. The first kappa shape index (κ1) is 15.0. The number of hydrogen-bond donors (Lipinski definition) is 1. The van der Waals surface area contributed by atoms with Gasteiger partial charge in [0, 0.05) is 18.7 Å². The largest absolute Gasteiger partial charge is 0.497 e. The van der Waals surface area contributed by atoms with E-state index in [0.717, 1.165) is 5.56 Å². The highest BCUT2D eigenvalue weighted by atomic mass is 16.5. The van der Waals surface area contributed by atoms with Gasteiger partial charge < -0.3 is 19.9 Å². The molecule has 0 spiro atoms. The molecule has 0 amide bonds. The lowest BCUT2D eigenvalue weighted by molar-refractivity contribution is 0.310. The van der Waals surface area contributed by atoms with Crippen molar-refractivity contribution in [1.29, 1.82) is 0 Å². The van der Waals surface area contributed by atoms with Crippen molar-refractivity contribution < 1.29 is 14.2 Å². The maximum absolute atomic E-state index is 5.45. The predicted molar refractivity (Wildman–Crippen MR) is 83.9 cm³/mol. The lowest BCUT2D eigenvalue weighted by Gasteiger charge is -2.09. The van der Waals surface area contributed by atoms with Gasteiger partial charge in [0.1, 0.15) is 18.1 Å². The number of ether oxygens (including phenoxy) is 3. The molecule has 0 unspecified atom stereocenters. The van der Waals surface area contributed by atoms with Gasteiger partial charge in [-0.05, 0) is 18.2 Å². The molecular weight excluding hydrogens is 298 g/mol. The summed E-state index contributed by atoms with van der Waals surface area (Å²) in [6.07, 6.45) is 0. The monoisotopic (exact) mass is 315 g/mol. The maximum Gasteiger partial charge on any atom is 0.231 e. The van der Waals surface area contributed by atoms with Crippen LogP contribution in [0, 0.1) is 0 Å². The normalized spacial score (nSPS) is 10.7. The minimum atomic E-state index is 0.391. The van der Waals surface area contributed by atoms with Crippen LogP contribution in [0.5, 0.6) is 17.4 Å². The van der Waals surface area contributed by atoms with Gasteiger partial charge in [-0.3, -0.25) is 0 Å². The Morgan fingerprint density at radius 1 is 1.09 bits per heavy atom. The Hall–Kier alpha value is -2.87. The third-order valence-corrected chi connectivity index (χ3v) is 3.26. The third kappa shape index (κ3) is 2.88. The van der Waals surface area contributed by atoms with Crippen LogP contribution in [0.4, 0.5) is 0 Å². The van der Waals surface area contributed by atoms with Gasteiger partial charge in [0.25, 0.3) is 0 Å². The Bertz CT molecular complexity index is 818. The molecule has 120 valence electrons. The molecule has 0 fully saturated rings. The lowest BCUT2D eigenvalue weighted by atomic mass is 10.2. The van der Waals surface area contributed by atoms with E-state index in [1.54, 1.807) is 36.9 Å². The van der Waals surface area contributed by atoms with Crippen LogP contribution in [0.25, 0.3) is 17.0 Å². The number of methoxy groups -OCH3 is 2. The van der Waals surface area contributed by atoms with Gasteiger partial charge in [-0.15, -0.1) is 15.3 Å². The number of hydrogen-bond acceptors (Lipinski definition) is 7. The van der Waals surface area contributed by atoms with E-state index in [4.69, 9.17) is 19.9 Å². The molecule has 1 aromatic carbocycles. The zero-order chi connectivity index (χ0) is 16.2. The molecule has 0 saturated carbocycles. The molecule has 2 heterocycles. The van der Waals surface area contributed by atoms with E-state index in [0.29, 0.717) is 42.0 Å². The highest BCUT2D eigenvalue weighted by molar-refractivity contribution is 5.67. The summed E-state index contributed by atoms with van der Waals surface area (Å²) < 4.78 is 17.7. The van der Waals surface area contributed by atoms with Crippen molar-refractivity contribution in [2.75, 3.05) is 27.4 Å². The van der Waals surface area contributed by atoms with Crippen molar-refractivity contribution in [3.05, 3.63) is 30.3 Å². The molecule has 0 aliphatic heterocycles. The summed E-state index contributed by atoms with van der Waals surface area (Å²) in [5.41, 5.74) is 6.81. The van der Waals surface area contributed by atoms with Crippen LogP contribution in [0.15, 0.2) is 30.3 Å². The first-order valence-corrected chi connectivity index (χ1v) is 7.04. The van der Waals surface area contributed by atoms with Crippen molar-refractivity contribution >= 4 is 5.65 Å². The molecule has 0 aliphatic carbocycles. The van der Waals surface area contributed by atoms with Gasteiger partial charge in [-0.2, -0.15) is 4.52 Å². The number of benzene rings is 1. The molecule has 2 N–H and O–H groups in total. The summed E-state index contributed by atoms with van der Waals surface area (Å²) >= 11 is 0. The number of rotatable bonds is 6. The SMILES string of the molecule is COc1ccc(-c2nnc3ccc(OCCN)nn23)c(OC)c1. The zero-order valence-electron chi connectivity index (χ0n) is 12.9. The summed E-state index contributed by atoms with van der Waals surface area (Å²) in [5, 5.41) is 12.7. The third-order valence-electron chi connectivity index (χ3n) is 3.26. The topological polar surface area (TPSA) is 96.8 Å². The van der Waals surface area contributed by atoms with Crippen molar-refractivity contribution in [3.63, 3.8) is 0 Å². The number of aromatic nitrogens is 4. The second kappa shape index (κ2) is 6.49. The summed E-state index contributed by atoms with van der Waals surface area (Å²) in [6.45, 7) is 0.808. The van der Waals surface area contributed by atoms with Crippen LogP contribution >= 0.6 is 0 Å². The highest BCUT2D eigenvalue weighted by Gasteiger charge is 2.15. The molecule has 3 aromatic rings. The molecule has 0 atom stereocenters. The minimum Gasteiger partial charge on any atom is -0.497 e. The molecule has 0 saturated heterocycles. The van der Waals surface area contributed by atoms with E-state index in [9.17, 15) is 0 Å². The van der Waals surface area contributed by atoms with Crippen LogP contribution in [0.3, 0.4) is 0 Å². The molecule has 8 heteroatoms. The van der Waals surface area contributed by atoms with Crippen molar-refractivity contribution in [3.8, 4) is 28.8 Å². The van der Waals surface area contributed by atoms with E-state index in [-0.39, 0.29) is 0 Å². The van der Waals surface area contributed by atoms with Crippen LogP contribution in [-0.2, 0) is 0 Å². The molecule has 2 aromatic heterocycles. The predicted octanol–water partition coefficient (Wildman–Crippen LogP) is 1.15. The van der Waals surface area contributed by atoms with Gasteiger partial charge in [0.2, 0.25) is 5.88 Å². The Morgan fingerprint density at radius 3 is 2.70 bits per heavy atom. The molecule has 0 aliphatic rings. The van der Waals surface area contributed by atoms with E-state index in [1.165, 1.54) is 0 Å². The Labute approximate surface area is 132 Å². The summed E-state index contributed by atoms with van der Waals surface area (Å²) in [7, 11) is 3.19. The minimum absolute atomic E-state index is 0.391. The van der Waals surface area contributed by atoms with E-state index < -0.39 is 0 Å². The second-order valence-electron chi connectivity index (χ2n) is 4.67. The zero-order valence-corrected chi connectivity index (χ0v) is 12.9. The lowest BCUT2D eigenvalue weighted by Crippen LogP contribution is -2.12. The van der Waals surface area contributed by atoms with Crippen LogP contribution in [0.1, 0.15) is 0 Å². The maximum atomic E-state index is 5.45. The fourth-order valence-electron chi connectivity index (χ4n) is 2.16. The molecule has 0 bridgehead atoms. The summed E-state index contributed by atoms with van der Waals surface area (Å²) in [4.78, 5) is 0. The fourth-order valence-corrected chi connectivity index (χ4v) is 2.16. The molecule has 23 heavy (non-hydrogen) atoms. The Morgan fingerprint density at radius 2 is 1.96 bits per heavy atom. The van der Waals surface area contributed by atoms with Gasteiger partial charge in [-0.25, -0.2) is 0 Å². The number of nitrogens with zero attached hydrogens (tertiary/aromatic N) is 4. The fraction of sp³-hybridized carbons (Fsp3) is 0.267. The van der Waals surface area contributed by atoms with Gasteiger partial charge in [0.15, 0.2) is 11.5 Å². The number of nitrogens with two attached hydrogens (primary N) is 1. The van der Waals surface area contributed by atoms with E-state index in [1.807, 2.05) is 12.1 Å². The van der Waals surface area contributed by atoms with E-state index >= 15 is 0 Å². The van der Waals surface area contributed by atoms with Crippen molar-refractivity contribution in [2.45, 2.75) is 0 Å². The summed E-state index contributed by atoms with van der Waals surface area (Å²) in [5.74, 6) is 2.32. The average molecular weight is 315 g/mol. The van der Waals surface area contributed by atoms with E-state index in [2.05, 4.69) is 15.3 Å².